The smallest absolute Gasteiger partial charge is 0.133 e. The molecule has 0 fully saturated rings. The molecule has 0 spiro atoms. The molecular formula is C16H21N3O. The Labute approximate surface area is 120 Å². The van der Waals surface area contributed by atoms with Crippen molar-refractivity contribution in [1.82, 2.24) is 9.97 Å². The maximum absolute atomic E-state index is 5.45. The fourth-order valence-corrected chi connectivity index (χ4v) is 2.16. The molecule has 0 amide bonds. The Morgan fingerprint density at radius 3 is 2.55 bits per heavy atom. The average molecular weight is 271 g/mol. The van der Waals surface area contributed by atoms with Gasteiger partial charge >= 0.3 is 0 Å². The van der Waals surface area contributed by atoms with E-state index in [4.69, 9.17) is 4.74 Å². The van der Waals surface area contributed by atoms with E-state index in [9.17, 15) is 0 Å². The molecule has 1 heterocycles. The molecule has 20 heavy (non-hydrogen) atoms. The van der Waals surface area contributed by atoms with Crippen LogP contribution >= 0.6 is 0 Å². The summed E-state index contributed by atoms with van der Waals surface area (Å²) >= 11 is 0. The number of nitrogens with zero attached hydrogens (tertiary/aromatic N) is 2. The Bertz CT molecular complexity index is 596. The lowest BCUT2D eigenvalue weighted by molar-refractivity contribution is 0.416. The third kappa shape index (κ3) is 2.74. The highest BCUT2D eigenvalue weighted by atomic mass is 16.5. The summed E-state index contributed by atoms with van der Waals surface area (Å²) in [7, 11) is 1.68. The maximum atomic E-state index is 5.45. The van der Waals surface area contributed by atoms with Gasteiger partial charge in [0.2, 0.25) is 0 Å². The number of benzene rings is 1. The second kappa shape index (κ2) is 6.37. The van der Waals surface area contributed by atoms with E-state index >= 15 is 0 Å². The molecule has 0 bridgehead atoms. The van der Waals surface area contributed by atoms with Crippen molar-refractivity contribution in [3.63, 3.8) is 0 Å². The van der Waals surface area contributed by atoms with E-state index < -0.39 is 0 Å². The van der Waals surface area contributed by atoms with Gasteiger partial charge in [0.1, 0.15) is 17.4 Å². The van der Waals surface area contributed by atoms with Crippen molar-refractivity contribution in [1.29, 1.82) is 0 Å². The lowest BCUT2D eigenvalue weighted by atomic mass is 10.1. The molecule has 106 valence electrons. The second-order valence-electron chi connectivity index (χ2n) is 4.55. The summed E-state index contributed by atoms with van der Waals surface area (Å²) in [4.78, 5) is 9.24. The van der Waals surface area contributed by atoms with E-state index in [0.717, 1.165) is 47.2 Å². The van der Waals surface area contributed by atoms with Crippen molar-refractivity contribution >= 4 is 5.82 Å². The van der Waals surface area contributed by atoms with Gasteiger partial charge in [-0.2, -0.15) is 0 Å². The second-order valence-corrected chi connectivity index (χ2v) is 4.55. The van der Waals surface area contributed by atoms with Crippen LogP contribution in [0.5, 0.6) is 5.75 Å². The third-order valence-corrected chi connectivity index (χ3v) is 3.21. The molecule has 4 heteroatoms. The highest BCUT2D eigenvalue weighted by molar-refractivity contribution is 5.73. The Kier molecular flexibility index (Phi) is 4.56. The van der Waals surface area contributed by atoms with E-state index in [1.54, 1.807) is 7.11 Å². The summed E-state index contributed by atoms with van der Waals surface area (Å²) < 4.78 is 5.45. The Hall–Kier alpha value is -2.10. The molecule has 0 radical (unpaired) electrons. The number of aryl methyl sites for hydroxylation is 1. The van der Waals surface area contributed by atoms with Gasteiger partial charge in [0, 0.05) is 24.1 Å². The summed E-state index contributed by atoms with van der Waals surface area (Å²) in [6, 6.07) is 7.95. The van der Waals surface area contributed by atoms with Crippen LogP contribution in [-0.4, -0.2) is 23.6 Å². The molecule has 1 N–H and O–H groups in total. The predicted molar refractivity (Wildman–Crippen MR) is 82.3 cm³/mol. The molecule has 0 aliphatic rings. The fraction of sp³-hybridized carbons (Fsp3) is 0.375. The van der Waals surface area contributed by atoms with Gasteiger partial charge in [-0.15, -0.1) is 0 Å². The topological polar surface area (TPSA) is 47.0 Å². The first-order valence-corrected chi connectivity index (χ1v) is 6.96. The van der Waals surface area contributed by atoms with E-state index in [1.807, 2.05) is 31.2 Å². The monoisotopic (exact) mass is 271 g/mol. The number of hydrogen-bond acceptors (Lipinski definition) is 4. The maximum Gasteiger partial charge on any atom is 0.133 e. The van der Waals surface area contributed by atoms with Crippen LogP contribution in [0.4, 0.5) is 5.82 Å². The molecule has 2 rings (SSSR count). The van der Waals surface area contributed by atoms with Crippen LogP contribution < -0.4 is 10.1 Å². The fourth-order valence-electron chi connectivity index (χ4n) is 2.16. The van der Waals surface area contributed by atoms with Gasteiger partial charge < -0.3 is 10.1 Å². The van der Waals surface area contributed by atoms with Gasteiger partial charge in [-0.3, -0.25) is 0 Å². The lowest BCUT2D eigenvalue weighted by Crippen LogP contribution is -2.07. The van der Waals surface area contributed by atoms with Gasteiger partial charge in [0.15, 0.2) is 0 Å². The number of nitrogens with one attached hydrogen (secondary N) is 1. The minimum atomic E-state index is 0.806. The van der Waals surface area contributed by atoms with Crippen LogP contribution in [0, 0.1) is 6.92 Å². The molecule has 0 saturated carbocycles. The molecule has 1 aromatic heterocycles. The highest BCUT2D eigenvalue weighted by Crippen LogP contribution is 2.32. The number of para-hydroxylation sites is 1. The van der Waals surface area contributed by atoms with Crippen molar-refractivity contribution < 1.29 is 4.74 Å². The first-order valence-electron chi connectivity index (χ1n) is 6.96. The first-order chi connectivity index (χ1) is 9.71. The zero-order valence-corrected chi connectivity index (χ0v) is 12.5. The molecule has 2 aromatic rings. The molecule has 0 saturated heterocycles. The van der Waals surface area contributed by atoms with Gasteiger partial charge in [-0.1, -0.05) is 19.1 Å². The van der Waals surface area contributed by atoms with Gasteiger partial charge in [0.05, 0.1) is 12.8 Å². The van der Waals surface area contributed by atoms with Crippen LogP contribution in [0.25, 0.3) is 11.3 Å². The molecule has 1 aromatic carbocycles. The number of ether oxygens (including phenoxy) is 1. The van der Waals surface area contributed by atoms with E-state index in [-0.39, 0.29) is 0 Å². The summed E-state index contributed by atoms with van der Waals surface area (Å²) in [6.45, 7) is 7.01. The van der Waals surface area contributed by atoms with Crippen LogP contribution in [0.2, 0.25) is 0 Å². The van der Waals surface area contributed by atoms with E-state index in [0.29, 0.717) is 0 Å². The Morgan fingerprint density at radius 2 is 1.90 bits per heavy atom. The third-order valence-electron chi connectivity index (χ3n) is 3.21. The van der Waals surface area contributed by atoms with Crippen LogP contribution in [0.3, 0.4) is 0 Å². The van der Waals surface area contributed by atoms with Crippen molar-refractivity contribution in [3.05, 3.63) is 35.7 Å². The summed E-state index contributed by atoms with van der Waals surface area (Å²) in [5.74, 6) is 2.58. The van der Waals surface area contributed by atoms with Crippen LogP contribution in [-0.2, 0) is 6.42 Å². The van der Waals surface area contributed by atoms with Crippen molar-refractivity contribution in [2.45, 2.75) is 27.2 Å². The molecule has 0 aliphatic carbocycles. The molecular weight excluding hydrogens is 250 g/mol. The zero-order valence-electron chi connectivity index (χ0n) is 12.5. The van der Waals surface area contributed by atoms with Crippen molar-refractivity contribution in [3.8, 4) is 17.0 Å². The average Bonchev–Trinajstić information content (AvgIpc) is 2.49. The highest BCUT2D eigenvalue weighted by Gasteiger charge is 2.14. The van der Waals surface area contributed by atoms with Gasteiger partial charge in [-0.05, 0) is 26.0 Å². The zero-order chi connectivity index (χ0) is 14.5. The normalized spacial score (nSPS) is 10.4. The first kappa shape index (κ1) is 14.3. The molecule has 0 aliphatic heterocycles. The molecule has 4 nitrogen and oxygen atoms in total. The quantitative estimate of drug-likeness (QED) is 0.904. The predicted octanol–water partition coefficient (Wildman–Crippen LogP) is 3.45. The van der Waals surface area contributed by atoms with Gasteiger partial charge in [-0.25, -0.2) is 9.97 Å². The number of hydrogen-bond donors (Lipinski definition) is 1. The largest absolute Gasteiger partial charge is 0.496 e. The molecule has 0 unspecified atom stereocenters. The van der Waals surface area contributed by atoms with E-state index in [1.165, 1.54) is 0 Å². The number of anilines is 1. The summed E-state index contributed by atoms with van der Waals surface area (Å²) in [6.07, 6.45) is 0.806. The van der Waals surface area contributed by atoms with E-state index in [2.05, 4.69) is 29.1 Å². The molecule has 0 atom stereocenters. The standard InChI is InChI=1S/C16H21N3O/c1-5-14-18-15(11(3)16(19-14)17-6-2)12-9-7-8-10-13(12)20-4/h7-10H,5-6H2,1-4H3,(H,17,18,19). The summed E-state index contributed by atoms with van der Waals surface area (Å²) in [5.41, 5.74) is 2.99. The van der Waals surface area contributed by atoms with Crippen LogP contribution in [0.15, 0.2) is 24.3 Å². The Balaban J connectivity index is 2.63. The number of methoxy groups -OCH3 is 1. The van der Waals surface area contributed by atoms with Crippen LogP contribution in [0.1, 0.15) is 25.2 Å². The SMILES string of the molecule is CCNc1nc(CC)nc(-c2ccccc2OC)c1C. The minimum absolute atomic E-state index is 0.806. The number of rotatable bonds is 5. The summed E-state index contributed by atoms with van der Waals surface area (Å²) in [5, 5.41) is 3.31. The lowest BCUT2D eigenvalue weighted by Gasteiger charge is -2.14. The van der Waals surface area contributed by atoms with Gasteiger partial charge in [0.25, 0.3) is 0 Å². The number of aromatic nitrogens is 2. The minimum Gasteiger partial charge on any atom is -0.496 e. The van der Waals surface area contributed by atoms with Crippen molar-refractivity contribution in [2.24, 2.45) is 0 Å². The van der Waals surface area contributed by atoms with Crippen molar-refractivity contribution in [2.75, 3.05) is 19.0 Å². The Morgan fingerprint density at radius 1 is 1.15 bits per heavy atom.